The van der Waals surface area contributed by atoms with Gasteiger partial charge in [-0.15, -0.1) is 11.3 Å². The molecule has 0 unspecified atom stereocenters. The summed E-state index contributed by atoms with van der Waals surface area (Å²) in [5.41, 5.74) is 0.686. The predicted octanol–water partition coefficient (Wildman–Crippen LogP) is 5.99. The van der Waals surface area contributed by atoms with E-state index in [1.165, 1.54) is 23.5 Å². The Bertz CT molecular complexity index is 926. The van der Waals surface area contributed by atoms with Crippen molar-refractivity contribution in [1.29, 1.82) is 0 Å². The Morgan fingerprint density at radius 3 is 2.50 bits per heavy atom. The van der Waals surface area contributed by atoms with E-state index in [0.29, 0.717) is 34.2 Å². The van der Waals surface area contributed by atoms with Crippen LogP contribution in [0.4, 0.5) is 13.2 Å². The van der Waals surface area contributed by atoms with Gasteiger partial charge in [0.25, 0.3) is 0 Å². The zero-order valence-electron chi connectivity index (χ0n) is 14.7. The first-order chi connectivity index (χ1) is 13.4. The van der Waals surface area contributed by atoms with E-state index in [0.717, 1.165) is 22.7 Å². The minimum atomic E-state index is -4.37. The highest BCUT2D eigenvalue weighted by atomic mass is 35.5. The number of hydrogen-bond acceptors (Lipinski definition) is 4. The number of alkyl halides is 3. The molecule has 0 fully saturated rings. The van der Waals surface area contributed by atoms with Crippen LogP contribution in [0.5, 0.6) is 5.75 Å². The zero-order chi connectivity index (χ0) is 20.1. The van der Waals surface area contributed by atoms with Crippen LogP contribution in [0.25, 0.3) is 10.6 Å². The molecule has 148 valence electrons. The third-order valence-electron chi connectivity index (χ3n) is 3.98. The fraction of sp³-hybridized carbons (Fsp3) is 0.250. The molecular weight excluding hydrogens is 411 g/mol. The van der Waals surface area contributed by atoms with E-state index < -0.39 is 11.7 Å². The quantitative estimate of drug-likeness (QED) is 0.504. The monoisotopic (exact) mass is 427 g/mol. The molecule has 0 saturated heterocycles. The summed E-state index contributed by atoms with van der Waals surface area (Å²) in [6.07, 6.45) is -3.27. The molecule has 2 aromatic carbocycles. The zero-order valence-corrected chi connectivity index (χ0v) is 16.2. The van der Waals surface area contributed by atoms with Crippen LogP contribution in [-0.4, -0.2) is 16.7 Å². The van der Waals surface area contributed by atoms with Gasteiger partial charge in [-0.1, -0.05) is 29.8 Å². The maximum absolute atomic E-state index is 12.8. The largest absolute Gasteiger partial charge is 0.488 e. The van der Waals surface area contributed by atoms with Crippen molar-refractivity contribution in [2.45, 2.75) is 25.6 Å². The Morgan fingerprint density at radius 2 is 1.86 bits per heavy atom. The van der Waals surface area contributed by atoms with E-state index in [9.17, 15) is 13.2 Å². The number of nitrogens with zero attached hydrogens (tertiary/aromatic N) is 1. The number of aliphatic hydroxyl groups is 1. The number of thiazole rings is 1. The highest BCUT2D eigenvalue weighted by Gasteiger charge is 2.30. The van der Waals surface area contributed by atoms with Crippen LogP contribution in [0.15, 0.2) is 48.5 Å². The second-order valence-corrected chi connectivity index (χ2v) is 7.56. The van der Waals surface area contributed by atoms with Crippen LogP contribution in [0.3, 0.4) is 0 Å². The van der Waals surface area contributed by atoms with Gasteiger partial charge in [0, 0.05) is 17.2 Å². The number of aromatic nitrogens is 1. The highest BCUT2D eigenvalue weighted by Crippen LogP contribution is 2.34. The number of halogens is 4. The van der Waals surface area contributed by atoms with Crippen molar-refractivity contribution in [2.24, 2.45) is 0 Å². The molecule has 0 aliphatic rings. The summed E-state index contributed by atoms with van der Waals surface area (Å²) in [6, 6.07) is 11.9. The first-order valence-corrected chi connectivity index (χ1v) is 9.71. The van der Waals surface area contributed by atoms with Gasteiger partial charge in [0.1, 0.15) is 17.4 Å². The lowest BCUT2D eigenvalue weighted by atomic mass is 10.1. The lowest BCUT2D eigenvalue weighted by Crippen LogP contribution is -2.03. The third-order valence-corrected chi connectivity index (χ3v) is 5.33. The molecule has 0 saturated carbocycles. The molecule has 3 rings (SSSR count). The van der Waals surface area contributed by atoms with Crippen LogP contribution in [-0.2, 0) is 19.2 Å². The van der Waals surface area contributed by atoms with E-state index in [-0.39, 0.29) is 13.2 Å². The number of benzene rings is 2. The Morgan fingerprint density at radius 1 is 1.11 bits per heavy atom. The summed E-state index contributed by atoms with van der Waals surface area (Å²) in [5.74, 6) is 0.616. The molecule has 28 heavy (non-hydrogen) atoms. The van der Waals surface area contributed by atoms with Gasteiger partial charge < -0.3 is 9.84 Å². The van der Waals surface area contributed by atoms with Crippen LogP contribution in [0.2, 0.25) is 5.02 Å². The fourth-order valence-corrected chi connectivity index (χ4v) is 3.78. The highest BCUT2D eigenvalue weighted by molar-refractivity contribution is 7.15. The third kappa shape index (κ3) is 5.25. The SMILES string of the molecule is OCCCc1nc(-c2ccc(C(F)(F)F)cc2)sc1COc1cccc(Cl)c1. The Balaban J connectivity index is 1.82. The smallest absolute Gasteiger partial charge is 0.416 e. The summed E-state index contributed by atoms with van der Waals surface area (Å²) in [5, 5.41) is 10.3. The lowest BCUT2D eigenvalue weighted by molar-refractivity contribution is -0.137. The average molecular weight is 428 g/mol. The van der Waals surface area contributed by atoms with Gasteiger partial charge >= 0.3 is 6.18 Å². The number of aliphatic hydroxyl groups excluding tert-OH is 1. The van der Waals surface area contributed by atoms with Crippen LogP contribution in [0.1, 0.15) is 22.6 Å². The number of rotatable bonds is 7. The molecule has 1 heterocycles. The van der Waals surface area contributed by atoms with Gasteiger partial charge in [-0.25, -0.2) is 4.98 Å². The molecule has 3 aromatic rings. The molecule has 3 nitrogen and oxygen atoms in total. The summed E-state index contributed by atoms with van der Waals surface area (Å²) < 4.78 is 44.1. The number of ether oxygens (including phenoxy) is 1. The summed E-state index contributed by atoms with van der Waals surface area (Å²) in [6.45, 7) is 0.293. The van der Waals surface area contributed by atoms with Gasteiger partial charge in [-0.3, -0.25) is 0 Å². The normalized spacial score (nSPS) is 11.6. The minimum absolute atomic E-state index is 0.0295. The predicted molar refractivity (Wildman–Crippen MR) is 104 cm³/mol. The Hall–Kier alpha value is -2.09. The van der Waals surface area contributed by atoms with Crippen molar-refractivity contribution in [2.75, 3.05) is 6.61 Å². The molecule has 0 atom stereocenters. The molecule has 0 aliphatic heterocycles. The molecule has 0 radical (unpaired) electrons. The first-order valence-electron chi connectivity index (χ1n) is 8.52. The van der Waals surface area contributed by atoms with E-state index in [1.807, 2.05) is 0 Å². The summed E-state index contributed by atoms with van der Waals surface area (Å²) in [4.78, 5) is 5.42. The van der Waals surface area contributed by atoms with Crippen LogP contribution >= 0.6 is 22.9 Å². The van der Waals surface area contributed by atoms with Gasteiger partial charge in [0.2, 0.25) is 0 Å². The van der Waals surface area contributed by atoms with Gasteiger partial charge in [-0.2, -0.15) is 13.2 Å². The molecule has 0 spiro atoms. The Labute approximate surface area is 169 Å². The maximum atomic E-state index is 12.8. The molecule has 0 bridgehead atoms. The second-order valence-electron chi connectivity index (χ2n) is 6.04. The topological polar surface area (TPSA) is 42.4 Å². The standard InChI is InChI=1S/C20H17ClF3NO2S/c21-15-3-1-4-16(11-15)27-12-18-17(5-2-10-26)25-19(28-18)13-6-8-14(9-7-13)20(22,23)24/h1,3-4,6-9,11,26H,2,5,10,12H2. The maximum Gasteiger partial charge on any atom is 0.416 e. The van der Waals surface area contributed by atoms with Crippen molar-refractivity contribution in [3.05, 3.63) is 69.7 Å². The first kappa shape index (κ1) is 20.6. The molecule has 0 aliphatic carbocycles. The van der Waals surface area contributed by atoms with E-state index in [2.05, 4.69) is 4.98 Å². The van der Waals surface area contributed by atoms with E-state index >= 15 is 0 Å². The van der Waals surface area contributed by atoms with Crippen LogP contribution < -0.4 is 4.74 Å². The van der Waals surface area contributed by atoms with Crippen molar-refractivity contribution < 1.29 is 23.0 Å². The molecule has 0 amide bonds. The number of aryl methyl sites for hydroxylation is 1. The van der Waals surface area contributed by atoms with Crippen molar-refractivity contribution in [1.82, 2.24) is 4.98 Å². The number of hydrogen-bond donors (Lipinski definition) is 1. The van der Waals surface area contributed by atoms with E-state index in [1.54, 1.807) is 24.3 Å². The average Bonchev–Trinajstić information content (AvgIpc) is 3.07. The lowest BCUT2D eigenvalue weighted by Gasteiger charge is -2.06. The second kappa shape index (κ2) is 8.94. The molecule has 1 N–H and O–H groups in total. The van der Waals surface area contributed by atoms with Gasteiger partial charge in [0.05, 0.1) is 16.1 Å². The van der Waals surface area contributed by atoms with Crippen molar-refractivity contribution in [3.8, 4) is 16.3 Å². The van der Waals surface area contributed by atoms with Crippen LogP contribution in [0, 0.1) is 0 Å². The summed E-state index contributed by atoms with van der Waals surface area (Å²) >= 11 is 7.33. The summed E-state index contributed by atoms with van der Waals surface area (Å²) in [7, 11) is 0. The minimum Gasteiger partial charge on any atom is -0.488 e. The molecular formula is C20H17ClF3NO2S. The van der Waals surface area contributed by atoms with Crippen molar-refractivity contribution in [3.63, 3.8) is 0 Å². The van der Waals surface area contributed by atoms with Gasteiger partial charge in [-0.05, 0) is 43.2 Å². The van der Waals surface area contributed by atoms with E-state index in [4.69, 9.17) is 21.4 Å². The molecule has 8 heteroatoms. The van der Waals surface area contributed by atoms with Crippen molar-refractivity contribution >= 4 is 22.9 Å². The molecule has 1 aromatic heterocycles. The van der Waals surface area contributed by atoms with Gasteiger partial charge in [0.15, 0.2) is 0 Å². The fourth-order valence-electron chi connectivity index (χ4n) is 2.57. The Kier molecular flexibility index (Phi) is 6.59.